The van der Waals surface area contributed by atoms with Gasteiger partial charge in [0.05, 0.1) is 33.9 Å². The summed E-state index contributed by atoms with van der Waals surface area (Å²) < 4.78 is 0. The lowest BCUT2D eigenvalue weighted by molar-refractivity contribution is -0.384. The number of non-ortho nitro benzene ring substituents is 1. The largest absolute Gasteiger partial charge is 0.274 e. The van der Waals surface area contributed by atoms with Gasteiger partial charge < -0.3 is 0 Å². The van der Waals surface area contributed by atoms with Gasteiger partial charge in [0.1, 0.15) is 0 Å². The van der Waals surface area contributed by atoms with E-state index in [1.54, 1.807) is 24.3 Å². The standard InChI is InChI=1S/C32H22ClN3O5/c33-25-12-6-5-11-24(25)30(37)34(17-18-13-15-19(16-14-18)36(40)41)35-31(38)28-26-20-7-1-2-8-21(20)27(29(28)32(35)39)23-10-4-3-9-22(23)26/h1-16,26-29H,17H2/t26?,27?,28-,29-/m0/s1. The van der Waals surface area contributed by atoms with E-state index in [1.165, 1.54) is 24.3 Å². The van der Waals surface area contributed by atoms with Gasteiger partial charge in [-0.3, -0.25) is 24.5 Å². The van der Waals surface area contributed by atoms with Crippen molar-refractivity contribution in [2.24, 2.45) is 11.8 Å². The van der Waals surface area contributed by atoms with Crippen molar-refractivity contribution >= 4 is 35.0 Å². The Labute approximate surface area is 239 Å². The molecule has 4 aliphatic rings. The van der Waals surface area contributed by atoms with Gasteiger partial charge >= 0.3 is 0 Å². The summed E-state index contributed by atoms with van der Waals surface area (Å²) in [5.41, 5.74) is 4.66. The van der Waals surface area contributed by atoms with Crippen LogP contribution in [-0.4, -0.2) is 32.7 Å². The van der Waals surface area contributed by atoms with Gasteiger partial charge in [-0.05, 0) is 39.9 Å². The number of imide groups is 1. The van der Waals surface area contributed by atoms with E-state index in [4.69, 9.17) is 11.6 Å². The normalized spacial score (nSPS) is 21.7. The Bertz CT molecular complexity index is 1660. The number of carbonyl (C=O) groups is 3. The monoisotopic (exact) mass is 563 g/mol. The van der Waals surface area contributed by atoms with E-state index in [0.29, 0.717) is 5.56 Å². The Hall–Kier alpha value is -4.82. The van der Waals surface area contributed by atoms with E-state index in [1.807, 2.05) is 48.5 Å². The maximum absolute atomic E-state index is 14.3. The van der Waals surface area contributed by atoms with Crippen molar-refractivity contribution in [2.45, 2.75) is 18.4 Å². The molecule has 8 nitrogen and oxygen atoms in total. The van der Waals surface area contributed by atoms with E-state index in [9.17, 15) is 24.5 Å². The van der Waals surface area contributed by atoms with Gasteiger partial charge in [-0.15, -0.1) is 0 Å². The van der Waals surface area contributed by atoms with Crippen LogP contribution in [0.5, 0.6) is 0 Å². The summed E-state index contributed by atoms with van der Waals surface area (Å²) in [5.74, 6) is -3.49. The van der Waals surface area contributed by atoms with Crippen molar-refractivity contribution in [1.29, 1.82) is 0 Å². The molecule has 0 spiro atoms. The van der Waals surface area contributed by atoms with E-state index >= 15 is 0 Å². The summed E-state index contributed by atoms with van der Waals surface area (Å²) in [6, 6.07) is 28.0. The first-order chi connectivity index (χ1) is 19.9. The first-order valence-corrected chi connectivity index (χ1v) is 13.6. The summed E-state index contributed by atoms with van der Waals surface area (Å²) in [6.07, 6.45) is 0. The number of halogens is 1. The highest BCUT2D eigenvalue weighted by Crippen LogP contribution is 2.61. The Morgan fingerprint density at radius 2 is 1.22 bits per heavy atom. The summed E-state index contributed by atoms with van der Waals surface area (Å²) in [6.45, 7) is -0.159. The third-order valence-electron chi connectivity index (χ3n) is 8.48. The molecule has 0 radical (unpaired) electrons. The second-order valence-electron chi connectivity index (χ2n) is 10.5. The molecule has 202 valence electrons. The zero-order chi connectivity index (χ0) is 28.4. The van der Waals surface area contributed by atoms with E-state index in [2.05, 4.69) is 0 Å². The first-order valence-electron chi connectivity index (χ1n) is 13.2. The number of nitro groups is 1. The molecular formula is C32H22ClN3O5. The van der Waals surface area contributed by atoms with Crippen molar-refractivity contribution in [3.05, 3.63) is 146 Å². The number of hydrogen-bond acceptors (Lipinski definition) is 5. The lowest BCUT2D eigenvalue weighted by atomic mass is 9.55. The fourth-order valence-electron chi connectivity index (χ4n) is 6.80. The van der Waals surface area contributed by atoms with Crippen LogP contribution in [0.15, 0.2) is 97.1 Å². The third kappa shape index (κ3) is 3.71. The molecule has 4 aromatic rings. The second-order valence-corrected chi connectivity index (χ2v) is 10.9. The van der Waals surface area contributed by atoms with E-state index in [-0.39, 0.29) is 34.7 Å². The van der Waals surface area contributed by atoms with E-state index < -0.39 is 34.5 Å². The number of rotatable bonds is 5. The van der Waals surface area contributed by atoms with Crippen LogP contribution in [0.3, 0.4) is 0 Å². The molecule has 0 unspecified atom stereocenters. The minimum absolute atomic E-state index is 0.107. The van der Waals surface area contributed by atoms with Crippen molar-refractivity contribution < 1.29 is 19.3 Å². The Kier molecular flexibility index (Phi) is 5.76. The predicted octanol–water partition coefficient (Wildman–Crippen LogP) is 5.70. The molecule has 1 heterocycles. The van der Waals surface area contributed by atoms with Gasteiger partial charge in [-0.25, -0.2) is 5.01 Å². The van der Waals surface area contributed by atoms with Gasteiger partial charge in [-0.1, -0.05) is 84.4 Å². The number of nitrogens with zero attached hydrogens (tertiary/aromatic N) is 3. The quantitative estimate of drug-likeness (QED) is 0.176. The molecule has 41 heavy (non-hydrogen) atoms. The van der Waals surface area contributed by atoms with Crippen LogP contribution >= 0.6 is 11.6 Å². The fraction of sp³-hybridized carbons (Fsp3) is 0.156. The smallest absolute Gasteiger partial charge is 0.272 e. The summed E-state index contributed by atoms with van der Waals surface area (Å²) in [4.78, 5) is 53.4. The van der Waals surface area contributed by atoms with Gasteiger partial charge in [0.25, 0.3) is 23.4 Å². The Morgan fingerprint density at radius 1 is 0.756 bits per heavy atom. The highest BCUT2D eigenvalue weighted by molar-refractivity contribution is 6.33. The van der Waals surface area contributed by atoms with Crippen LogP contribution in [0.1, 0.15) is 50.0 Å². The van der Waals surface area contributed by atoms with Crippen molar-refractivity contribution in [1.82, 2.24) is 10.0 Å². The first kappa shape index (κ1) is 25.2. The number of carbonyl (C=O) groups excluding carboxylic acids is 3. The minimum atomic E-state index is -0.671. The highest BCUT2D eigenvalue weighted by Gasteiger charge is 2.63. The highest BCUT2D eigenvalue weighted by atomic mass is 35.5. The topological polar surface area (TPSA) is 101 Å². The zero-order valence-electron chi connectivity index (χ0n) is 21.5. The molecule has 1 fully saturated rings. The lowest BCUT2D eigenvalue weighted by Gasteiger charge is -2.45. The second kappa shape index (κ2) is 9.38. The van der Waals surface area contributed by atoms with Gasteiger partial charge in [0, 0.05) is 24.0 Å². The average Bonchev–Trinajstić information content (AvgIpc) is 3.26. The molecule has 3 aliphatic carbocycles. The number of amides is 3. The summed E-state index contributed by atoms with van der Waals surface area (Å²) >= 11 is 6.39. The molecule has 0 aromatic heterocycles. The maximum Gasteiger partial charge on any atom is 0.274 e. The fourth-order valence-corrected chi connectivity index (χ4v) is 7.02. The number of benzene rings is 4. The molecule has 8 rings (SSSR count). The average molecular weight is 564 g/mol. The minimum Gasteiger partial charge on any atom is -0.272 e. The molecule has 2 atom stereocenters. The predicted molar refractivity (Wildman–Crippen MR) is 150 cm³/mol. The van der Waals surface area contributed by atoms with Crippen LogP contribution in [-0.2, 0) is 16.1 Å². The molecule has 4 aromatic carbocycles. The molecular weight excluding hydrogens is 542 g/mol. The lowest BCUT2D eigenvalue weighted by Crippen LogP contribution is -2.50. The zero-order valence-corrected chi connectivity index (χ0v) is 22.3. The van der Waals surface area contributed by atoms with Gasteiger partial charge in [0.2, 0.25) is 0 Å². The Balaban J connectivity index is 1.34. The molecule has 9 heteroatoms. The number of nitro benzene ring substituents is 1. The molecule has 3 amide bonds. The maximum atomic E-state index is 14.3. The van der Waals surface area contributed by atoms with Crippen LogP contribution in [0.4, 0.5) is 5.69 Å². The molecule has 1 saturated heterocycles. The summed E-state index contributed by atoms with van der Waals surface area (Å²) in [5, 5.41) is 13.5. The molecule has 2 bridgehead atoms. The van der Waals surface area contributed by atoms with Gasteiger partial charge in [-0.2, -0.15) is 5.01 Å². The van der Waals surface area contributed by atoms with Crippen LogP contribution in [0, 0.1) is 22.0 Å². The van der Waals surface area contributed by atoms with Crippen molar-refractivity contribution in [3.8, 4) is 0 Å². The molecule has 0 saturated carbocycles. The van der Waals surface area contributed by atoms with E-state index in [0.717, 1.165) is 32.3 Å². The molecule has 0 N–H and O–H groups in total. The van der Waals surface area contributed by atoms with Crippen LogP contribution in [0.25, 0.3) is 0 Å². The summed E-state index contributed by atoms with van der Waals surface area (Å²) in [7, 11) is 0. The van der Waals surface area contributed by atoms with Crippen LogP contribution < -0.4 is 0 Å². The number of hydrazine groups is 1. The van der Waals surface area contributed by atoms with Crippen LogP contribution in [0.2, 0.25) is 5.02 Å². The number of hydrogen-bond donors (Lipinski definition) is 0. The molecule has 1 aliphatic heterocycles. The SMILES string of the molecule is O=C(c1ccccc1Cl)N(Cc1ccc([N+](=O)[O-])cc1)N1C(=O)[C@H]2C3c4ccccc4C(c4ccccc43)[C@@H]2C1=O. The van der Waals surface area contributed by atoms with Gasteiger partial charge in [0.15, 0.2) is 0 Å². The van der Waals surface area contributed by atoms with Crippen molar-refractivity contribution in [3.63, 3.8) is 0 Å². The van der Waals surface area contributed by atoms with Crippen molar-refractivity contribution in [2.75, 3.05) is 0 Å². The third-order valence-corrected chi connectivity index (χ3v) is 8.81. The Morgan fingerprint density at radius 3 is 1.68 bits per heavy atom.